The molecule has 0 bridgehead atoms. The molecule has 9 heteroatoms. The normalized spacial score (nSPS) is 11.5. The molecule has 0 spiro atoms. The van der Waals surface area contributed by atoms with Crippen molar-refractivity contribution >= 4 is 27.6 Å². The number of nitrogens with one attached hydrogen (secondary N) is 1. The molecule has 34 heavy (non-hydrogen) atoms. The quantitative estimate of drug-likeness (QED) is 0.276. The highest BCUT2D eigenvalue weighted by Crippen LogP contribution is 2.17. The largest absolute Gasteiger partial charge is 0.466 e. The van der Waals surface area contributed by atoms with E-state index in [1.165, 1.54) is 12.1 Å². The zero-order valence-electron chi connectivity index (χ0n) is 19.2. The lowest BCUT2D eigenvalue weighted by Crippen LogP contribution is -2.26. The lowest BCUT2D eigenvalue weighted by Gasteiger charge is -2.14. The molecule has 0 radical (unpaired) electrons. The fourth-order valence-corrected chi connectivity index (χ4v) is 4.85. The fraction of sp³-hybridized carbons (Fsp3) is 0.360. The maximum Gasteiger partial charge on any atom is 0.305 e. The van der Waals surface area contributed by atoms with E-state index in [9.17, 15) is 13.2 Å². The number of ether oxygens (including phenoxy) is 1. The van der Waals surface area contributed by atoms with Crippen molar-refractivity contribution in [2.24, 2.45) is 0 Å². The van der Waals surface area contributed by atoms with Gasteiger partial charge in [0.2, 0.25) is 10.0 Å². The van der Waals surface area contributed by atoms with E-state index in [2.05, 4.69) is 20.3 Å². The number of rotatable bonds is 13. The number of halogens is 1. The molecule has 0 amide bonds. The standard InChI is InChI=1S/C25H30ClN3O4S/c1-2-33-25(30)8-4-3-7-22-11-12-23(29(22)19-20-6-5-16-27-18-20)15-17-28-34(31,32)24-13-9-21(26)10-14-24/h5-6,9-14,16,18,28H,2-4,7-8,15,17,19H2,1H3. The maximum atomic E-state index is 12.6. The highest BCUT2D eigenvalue weighted by atomic mass is 35.5. The van der Waals surface area contributed by atoms with Crippen molar-refractivity contribution in [1.29, 1.82) is 0 Å². The third-order valence-corrected chi connectivity index (χ3v) is 7.12. The Hall–Kier alpha value is -2.68. The van der Waals surface area contributed by atoms with Crippen molar-refractivity contribution in [3.05, 3.63) is 82.9 Å². The Kier molecular flexibility index (Phi) is 9.68. The average molecular weight is 504 g/mol. The molecular weight excluding hydrogens is 474 g/mol. The number of aryl methyl sites for hydroxylation is 1. The summed E-state index contributed by atoms with van der Waals surface area (Å²) in [5.74, 6) is -0.165. The minimum absolute atomic E-state index is 0.165. The van der Waals surface area contributed by atoms with E-state index >= 15 is 0 Å². The van der Waals surface area contributed by atoms with Gasteiger partial charge in [-0.15, -0.1) is 0 Å². The van der Waals surface area contributed by atoms with Crippen molar-refractivity contribution in [3.8, 4) is 0 Å². The van der Waals surface area contributed by atoms with Crippen LogP contribution in [0.25, 0.3) is 0 Å². The Bertz CT molecular complexity index is 1160. The SMILES string of the molecule is CCOC(=O)CCCCc1ccc(CCNS(=O)(=O)c2ccc(Cl)cc2)n1Cc1cccnc1. The van der Waals surface area contributed by atoms with E-state index in [4.69, 9.17) is 16.3 Å². The van der Waals surface area contributed by atoms with Crippen LogP contribution in [0.15, 0.2) is 65.8 Å². The molecule has 3 aromatic rings. The minimum atomic E-state index is -3.61. The second kappa shape index (κ2) is 12.7. The predicted molar refractivity (Wildman–Crippen MR) is 132 cm³/mol. The predicted octanol–water partition coefficient (Wildman–Crippen LogP) is 4.38. The van der Waals surface area contributed by atoms with Gasteiger partial charge in [-0.1, -0.05) is 17.7 Å². The molecule has 0 saturated carbocycles. The molecule has 0 aliphatic heterocycles. The molecule has 2 heterocycles. The molecule has 0 atom stereocenters. The van der Waals surface area contributed by atoms with Crippen LogP contribution in [-0.4, -0.2) is 37.1 Å². The summed E-state index contributed by atoms with van der Waals surface area (Å²) in [5.41, 5.74) is 3.24. The highest BCUT2D eigenvalue weighted by molar-refractivity contribution is 7.89. The summed E-state index contributed by atoms with van der Waals surface area (Å²) in [7, 11) is -3.61. The first-order valence-corrected chi connectivity index (χ1v) is 13.2. The number of hydrogen-bond acceptors (Lipinski definition) is 5. The molecule has 182 valence electrons. The van der Waals surface area contributed by atoms with Gasteiger partial charge in [0.1, 0.15) is 0 Å². The molecule has 0 saturated heterocycles. The topological polar surface area (TPSA) is 90.3 Å². The van der Waals surface area contributed by atoms with Crippen molar-refractivity contribution in [2.45, 2.75) is 50.5 Å². The summed E-state index contributed by atoms with van der Waals surface area (Å²) in [6.45, 7) is 3.12. The van der Waals surface area contributed by atoms with E-state index in [0.29, 0.717) is 31.0 Å². The van der Waals surface area contributed by atoms with Gasteiger partial charge in [-0.3, -0.25) is 9.78 Å². The summed E-state index contributed by atoms with van der Waals surface area (Å²) >= 11 is 5.86. The van der Waals surface area contributed by atoms with Crippen molar-refractivity contribution in [2.75, 3.05) is 13.2 Å². The lowest BCUT2D eigenvalue weighted by atomic mass is 10.1. The highest BCUT2D eigenvalue weighted by Gasteiger charge is 2.15. The van der Waals surface area contributed by atoms with Crippen LogP contribution in [0.4, 0.5) is 0 Å². The first-order chi connectivity index (χ1) is 16.4. The first kappa shape index (κ1) is 25.9. The molecule has 2 aromatic heterocycles. The monoisotopic (exact) mass is 503 g/mol. The van der Waals surface area contributed by atoms with Crippen molar-refractivity contribution in [1.82, 2.24) is 14.3 Å². The number of benzene rings is 1. The summed E-state index contributed by atoms with van der Waals surface area (Å²) in [5, 5.41) is 0.488. The van der Waals surface area contributed by atoms with Crippen molar-refractivity contribution in [3.63, 3.8) is 0 Å². The van der Waals surface area contributed by atoms with Crippen LogP contribution in [0.3, 0.4) is 0 Å². The molecule has 0 fully saturated rings. The Morgan fingerprint density at radius 1 is 1.06 bits per heavy atom. The Morgan fingerprint density at radius 3 is 2.47 bits per heavy atom. The van der Waals surface area contributed by atoms with Crippen LogP contribution in [0.2, 0.25) is 5.02 Å². The third-order valence-electron chi connectivity index (χ3n) is 5.39. The summed E-state index contributed by atoms with van der Waals surface area (Å²) in [6.07, 6.45) is 6.95. The molecule has 7 nitrogen and oxygen atoms in total. The van der Waals surface area contributed by atoms with Crippen LogP contribution in [-0.2, 0) is 38.9 Å². The summed E-state index contributed by atoms with van der Waals surface area (Å²) < 4.78 is 35.0. The molecule has 1 aromatic carbocycles. The Morgan fingerprint density at radius 2 is 1.79 bits per heavy atom. The van der Waals surface area contributed by atoms with E-state index in [1.807, 2.05) is 24.4 Å². The van der Waals surface area contributed by atoms with E-state index in [0.717, 1.165) is 36.2 Å². The number of carbonyl (C=O) groups excluding carboxylic acids is 1. The number of nitrogens with zero attached hydrogens (tertiary/aromatic N) is 2. The van der Waals surface area contributed by atoms with Gasteiger partial charge in [-0.05, 0) is 74.2 Å². The molecule has 1 N–H and O–H groups in total. The van der Waals surface area contributed by atoms with Crippen LogP contribution < -0.4 is 4.72 Å². The third kappa shape index (κ3) is 7.68. The van der Waals surface area contributed by atoms with Gasteiger partial charge in [0.15, 0.2) is 0 Å². The van der Waals surface area contributed by atoms with Gasteiger partial charge in [0, 0.05) is 54.7 Å². The molecule has 0 aliphatic rings. The number of esters is 1. The number of carbonyl (C=O) groups is 1. The number of sulfonamides is 1. The van der Waals surface area contributed by atoms with Gasteiger partial charge in [0.25, 0.3) is 0 Å². The Labute approximate surface area is 206 Å². The first-order valence-electron chi connectivity index (χ1n) is 11.4. The number of unbranched alkanes of at least 4 members (excludes halogenated alkanes) is 1. The lowest BCUT2D eigenvalue weighted by molar-refractivity contribution is -0.143. The van der Waals surface area contributed by atoms with Crippen LogP contribution in [0.1, 0.15) is 43.1 Å². The number of pyridine rings is 1. The van der Waals surface area contributed by atoms with Crippen LogP contribution in [0.5, 0.6) is 0 Å². The Balaban J connectivity index is 1.65. The average Bonchev–Trinajstić information content (AvgIpc) is 3.19. The zero-order valence-corrected chi connectivity index (χ0v) is 20.8. The van der Waals surface area contributed by atoms with E-state index < -0.39 is 10.0 Å². The smallest absolute Gasteiger partial charge is 0.305 e. The van der Waals surface area contributed by atoms with Gasteiger partial charge < -0.3 is 9.30 Å². The van der Waals surface area contributed by atoms with Gasteiger partial charge in [-0.2, -0.15) is 0 Å². The fourth-order valence-electron chi connectivity index (χ4n) is 3.69. The molecule has 0 aliphatic carbocycles. The second-order valence-corrected chi connectivity index (χ2v) is 10.1. The second-order valence-electron chi connectivity index (χ2n) is 7.88. The van der Waals surface area contributed by atoms with E-state index in [1.54, 1.807) is 25.3 Å². The van der Waals surface area contributed by atoms with E-state index in [-0.39, 0.29) is 17.4 Å². The van der Waals surface area contributed by atoms with Crippen LogP contribution in [0, 0.1) is 0 Å². The minimum Gasteiger partial charge on any atom is -0.466 e. The van der Waals surface area contributed by atoms with Gasteiger partial charge in [0.05, 0.1) is 11.5 Å². The summed E-state index contributed by atoms with van der Waals surface area (Å²) in [6, 6.07) is 14.1. The molecule has 3 rings (SSSR count). The zero-order chi connectivity index (χ0) is 24.4. The van der Waals surface area contributed by atoms with Gasteiger partial charge >= 0.3 is 5.97 Å². The number of aromatic nitrogens is 2. The van der Waals surface area contributed by atoms with Crippen molar-refractivity contribution < 1.29 is 17.9 Å². The molecule has 0 unspecified atom stereocenters. The number of hydrogen-bond donors (Lipinski definition) is 1. The summed E-state index contributed by atoms with van der Waals surface area (Å²) in [4.78, 5) is 16.0. The maximum absolute atomic E-state index is 12.6. The van der Waals surface area contributed by atoms with Crippen LogP contribution >= 0.6 is 11.6 Å². The molecular formula is C25H30ClN3O4S. The van der Waals surface area contributed by atoms with Gasteiger partial charge in [-0.25, -0.2) is 13.1 Å².